The molecule has 20 aromatic rings. The molecule has 0 unspecified atom stereocenters. The molecule has 0 amide bonds. The predicted molar refractivity (Wildman–Crippen MR) is 468 cm³/mol. The third kappa shape index (κ3) is 21.5. The summed E-state index contributed by atoms with van der Waals surface area (Å²) in [4.78, 5) is 49.3. The fraction of sp³-hybridized carbons (Fsp3) is 0.0472. The van der Waals surface area contributed by atoms with Gasteiger partial charge in [-0.3, -0.25) is 55.1 Å². The summed E-state index contributed by atoms with van der Waals surface area (Å²) in [6.07, 6.45) is 7.18. The quantitative estimate of drug-likeness (QED) is 0.0527. The van der Waals surface area contributed by atoms with Crippen LogP contribution in [0.5, 0.6) is 0 Å². The number of benzene rings is 10. The van der Waals surface area contributed by atoms with Crippen molar-refractivity contribution in [1.29, 1.82) is 0 Å². The van der Waals surface area contributed by atoms with E-state index >= 15 is 0 Å². The minimum absolute atomic E-state index is 0. The molecule has 10 heterocycles. The van der Waals surface area contributed by atoms with Crippen LogP contribution < -0.4 is 0 Å². The summed E-state index contributed by atoms with van der Waals surface area (Å²) >= 11 is 0. The van der Waals surface area contributed by atoms with E-state index in [-0.39, 0.29) is 141 Å². The van der Waals surface area contributed by atoms with E-state index in [0.29, 0.717) is 58.9 Å². The van der Waals surface area contributed by atoms with Crippen LogP contribution >= 0.6 is 0 Å². The molecule has 0 aliphatic carbocycles. The summed E-state index contributed by atoms with van der Waals surface area (Å²) in [6.45, 7) is 0. The maximum atomic E-state index is 14.4. The molecule has 20 rings (SSSR count). The number of fused-ring (bicyclic) bond motifs is 4. The Balaban J connectivity index is 0.000000146. The average Bonchev–Trinajstić information content (AvgIpc) is 1.06. The third-order valence-corrected chi connectivity index (χ3v) is 20.6. The van der Waals surface area contributed by atoms with Crippen molar-refractivity contribution in [3.05, 3.63) is 456 Å². The standard InChI is InChI=1S/C31H18N2O.C29H22N4.2C23H12F4N2.4Pt/c34-31(25-11-5-9-23(19-25)29-27-13-3-1-7-21(27)15-17-32-29)26-12-6-10-24(20-26)30-28-14-4-2-8-22(28)16-18-33-30;1-32-26-15-5-3-9-20(26)17-28(32)24-13-7-11-22(30-24)19-23-12-8-14-25(31-23)29-18-21-10-4-6-16-27(21)33(29)2;24-14-7-9-18(20(26)11-14)22-5-1-3-16(28-22)13-17-4-2-6-23(29-17)19-10-8-15(25)12-21(19)27;24-18-12-20(26)16(22-5-1-3-7-28-22)10-14(18)9-15-11-17(21(27)13-19(15)25)23-6-2-4-8-29-23;;;;/h1-18H;3-16H,19H2,1-2H3;1-8,11-12H,13H2;1-8,12-13H,9H2;;;;/q4*-2;4*+2. The number of carbonyl (C=O) groups excluding carboxylic acids is 1. The number of aryl methyl sites for hydroxylation is 2. The number of rotatable bonds is 16. The Morgan fingerprint density at radius 3 is 1.06 bits per heavy atom. The van der Waals surface area contributed by atoms with Crippen molar-refractivity contribution >= 4 is 49.1 Å². The molecule has 640 valence electrons. The van der Waals surface area contributed by atoms with E-state index in [1.54, 1.807) is 97.3 Å². The third-order valence-electron chi connectivity index (χ3n) is 20.6. The van der Waals surface area contributed by atoms with E-state index in [4.69, 9.17) is 9.97 Å². The number of aromatic nitrogens is 10. The summed E-state index contributed by atoms with van der Waals surface area (Å²) in [6, 6.07) is 109. The van der Waals surface area contributed by atoms with Crippen LogP contribution in [0.4, 0.5) is 35.1 Å². The Morgan fingerprint density at radius 1 is 0.310 bits per heavy atom. The first-order chi connectivity index (χ1) is 61.0. The summed E-state index contributed by atoms with van der Waals surface area (Å²) in [7, 11) is 4.13. The van der Waals surface area contributed by atoms with E-state index in [2.05, 4.69) is 174 Å². The van der Waals surface area contributed by atoms with Gasteiger partial charge in [-0.1, -0.05) is 225 Å². The van der Waals surface area contributed by atoms with E-state index < -0.39 is 46.5 Å². The maximum absolute atomic E-state index is 14.4. The molecule has 0 aliphatic rings. The van der Waals surface area contributed by atoms with E-state index in [0.717, 1.165) is 124 Å². The van der Waals surface area contributed by atoms with Crippen LogP contribution in [0.3, 0.4) is 0 Å². The van der Waals surface area contributed by atoms with Crippen molar-refractivity contribution in [3.63, 3.8) is 0 Å². The molecule has 0 spiro atoms. The largest absolute Gasteiger partial charge is 2.00 e. The molecular formula is C106H64F8N10OPt4. The molecule has 0 saturated heterocycles. The zero-order chi connectivity index (χ0) is 86.0. The van der Waals surface area contributed by atoms with Crippen LogP contribution in [0.15, 0.2) is 316 Å². The molecule has 0 saturated carbocycles. The number of hydrogen-bond donors (Lipinski definition) is 0. The minimum atomic E-state index is -0.890. The van der Waals surface area contributed by atoms with Crippen molar-refractivity contribution in [2.24, 2.45) is 14.1 Å². The summed E-state index contributed by atoms with van der Waals surface area (Å²) in [5.74, 6) is -6.51. The van der Waals surface area contributed by atoms with E-state index in [1.165, 1.54) is 12.4 Å². The van der Waals surface area contributed by atoms with E-state index in [1.807, 2.05) is 97.1 Å². The maximum Gasteiger partial charge on any atom is 2.00 e. The number of hydrogen-bond acceptors (Lipinski definition) is 9. The van der Waals surface area contributed by atoms with E-state index in [9.17, 15) is 39.9 Å². The van der Waals surface area contributed by atoms with Crippen LogP contribution in [-0.4, -0.2) is 54.8 Å². The van der Waals surface area contributed by atoms with Gasteiger partial charge in [0.05, 0.1) is 0 Å². The number of ketones is 1. The fourth-order valence-corrected chi connectivity index (χ4v) is 14.6. The molecule has 0 bridgehead atoms. The number of para-hydroxylation sites is 2. The topological polar surface area (TPSA) is 130 Å². The molecule has 0 fully saturated rings. The van der Waals surface area contributed by atoms with Gasteiger partial charge >= 0.3 is 84.3 Å². The van der Waals surface area contributed by atoms with Gasteiger partial charge in [0.25, 0.3) is 0 Å². The van der Waals surface area contributed by atoms with Crippen molar-refractivity contribution in [3.8, 4) is 90.3 Å². The fourth-order valence-electron chi connectivity index (χ4n) is 14.6. The molecule has 0 atom stereocenters. The van der Waals surface area contributed by atoms with Gasteiger partial charge in [-0.05, 0) is 122 Å². The first-order valence-corrected chi connectivity index (χ1v) is 39.4. The number of carbonyl (C=O) groups is 1. The molecule has 129 heavy (non-hydrogen) atoms. The zero-order valence-corrected chi connectivity index (χ0v) is 76.9. The van der Waals surface area contributed by atoms with Crippen molar-refractivity contribution in [2.75, 3.05) is 0 Å². The van der Waals surface area contributed by atoms with Gasteiger partial charge in [0.15, 0.2) is 0 Å². The first kappa shape index (κ1) is 93.5. The van der Waals surface area contributed by atoms with Gasteiger partial charge in [0.2, 0.25) is 0 Å². The summed E-state index contributed by atoms with van der Waals surface area (Å²) < 4.78 is 116. The van der Waals surface area contributed by atoms with Gasteiger partial charge in [-0.15, -0.1) is 132 Å². The average molecular weight is 2430 g/mol. The number of nitrogens with zero attached hydrogens (tertiary/aromatic N) is 10. The minimum Gasteiger partial charge on any atom is -0.397 e. The second kappa shape index (κ2) is 42.6. The summed E-state index contributed by atoms with van der Waals surface area (Å²) in [5, 5.41) is 6.45. The van der Waals surface area contributed by atoms with Crippen LogP contribution in [0, 0.1) is 95.1 Å². The Bertz CT molecular complexity index is 6990. The Hall–Kier alpha value is -13.1. The Morgan fingerprint density at radius 2 is 0.667 bits per heavy atom. The van der Waals surface area contributed by atoms with Crippen molar-refractivity contribution in [1.82, 2.24) is 49.0 Å². The van der Waals surface area contributed by atoms with Gasteiger partial charge in [-0.25, -0.2) is 0 Å². The molecule has 0 N–H and O–H groups in total. The molecule has 0 radical (unpaired) electrons. The van der Waals surface area contributed by atoms with Gasteiger partial charge in [-0.2, -0.15) is 0 Å². The normalized spacial score (nSPS) is 10.7. The second-order valence-corrected chi connectivity index (χ2v) is 28.9. The van der Waals surface area contributed by atoms with Crippen molar-refractivity contribution < 1.29 is 124 Å². The van der Waals surface area contributed by atoms with Gasteiger partial charge in [0, 0.05) is 144 Å². The Kier molecular flexibility index (Phi) is 30.9. The molecule has 23 heteroatoms. The first-order valence-electron chi connectivity index (χ1n) is 39.4. The van der Waals surface area contributed by atoms with Gasteiger partial charge < -0.3 is 33.9 Å². The molecule has 11 nitrogen and oxygen atoms in total. The second-order valence-electron chi connectivity index (χ2n) is 28.9. The smallest absolute Gasteiger partial charge is 0.397 e. The molecule has 10 aromatic heterocycles. The molecule has 0 aliphatic heterocycles. The van der Waals surface area contributed by atoms with Crippen molar-refractivity contribution in [2.45, 2.75) is 19.3 Å². The SMILES string of the molecule is Cn1c(-c2cccc(Cc3cccc(-c4[c-]c5ccccc5n4C)n3)n2)[c-]c2ccccc21.Fc1c[c-]c(-c2cccc(Cc3cccc(-c4[c-]cc(F)cc4F)n3)n2)c(F)c1.Fc1cc(F)c(-c2ccccn2)[c-]c1Cc1[c-]c(-c2ccccn2)c(F)cc1F.O=C(c1[c-]c(-c2nccc3ccccc23)ccc1)c1[c-]c(-c2nccc3ccccc23)ccc1.[Pt+2].[Pt+2].[Pt+2].[Pt+2]. The van der Waals surface area contributed by atoms with Crippen LogP contribution in [-0.2, 0) is 118 Å². The molecule has 10 aromatic carbocycles. The number of pyridine rings is 8. The molecular weight excluding hydrogens is 2360 g/mol. The van der Waals surface area contributed by atoms with Crippen LogP contribution in [0.25, 0.3) is 134 Å². The summed E-state index contributed by atoms with van der Waals surface area (Å²) in [5.41, 5.74) is 14.5. The zero-order valence-electron chi connectivity index (χ0n) is 67.8. The Labute approximate surface area is 795 Å². The monoisotopic (exact) mass is 2420 g/mol. The van der Waals surface area contributed by atoms with Crippen LogP contribution in [0.1, 0.15) is 49.8 Å². The van der Waals surface area contributed by atoms with Crippen LogP contribution in [0.2, 0.25) is 0 Å². The predicted octanol–water partition coefficient (Wildman–Crippen LogP) is 24.0. The van der Waals surface area contributed by atoms with Gasteiger partial charge in [0.1, 0.15) is 5.78 Å². The number of halogens is 8.